The monoisotopic (exact) mass is 289 g/mol. The molecule has 1 aromatic rings. The number of hydrogen-bond acceptors (Lipinski definition) is 3. The number of rotatable bonds is 9. The molecule has 0 bridgehead atoms. The summed E-state index contributed by atoms with van der Waals surface area (Å²) in [5.74, 6) is 0.0737. The van der Waals surface area contributed by atoms with Gasteiger partial charge in [-0.1, -0.05) is 18.2 Å². The summed E-state index contributed by atoms with van der Waals surface area (Å²) in [6.07, 6.45) is 2.62. The topological polar surface area (TPSA) is 63.2 Å². The van der Waals surface area contributed by atoms with Crippen LogP contribution in [0.25, 0.3) is 0 Å². The molecule has 0 spiro atoms. The van der Waals surface area contributed by atoms with Gasteiger partial charge in [0.25, 0.3) is 5.91 Å². The summed E-state index contributed by atoms with van der Waals surface area (Å²) in [5.41, 5.74) is 0.641. The van der Waals surface area contributed by atoms with Gasteiger partial charge in [0.1, 0.15) is 11.6 Å². The minimum Gasteiger partial charge on any atom is -0.350 e. The molecular formula is C17H23NO3. The Morgan fingerprint density at radius 3 is 2.33 bits per heavy atom. The lowest BCUT2D eigenvalue weighted by molar-refractivity contribution is -0.123. The van der Waals surface area contributed by atoms with Gasteiger partial charge in [-0.15, -0.1) is 0 Å². The van der Waals surface area contributed by atoms with E-state index in [0.29, 0.717) is 24.8 Å². The number of benzene rings is 1. The van der Waals surface area contributed by atoms with Crippen LogP contribution in [-0.2, 0) is 9.59 Å². The maximum atomic E-state index is 11.9. The van der Waals surface area contributed by atoms with Crippen LogP contribution in [0.15, 0.2) is 30.3 Å². The van der Waals surface area contributed by atoms with Gasteiger partial charge in [-0.3, -0.25) is 9.59 Å². The quantitative estimate of drug-likeness (QED) is 0.760. The molecule has 0 aliphatic heterocycles. The fraction of sp³-hybridized carbons (Fsp3) is 0.471. The zero-order valence-electron chi connectivity index (χ0n) is 12.7. The molecule has 1 rings (SSSR count). The summed E-state index contributed by atoms with van der Waals surface area (Å²) >= 11 is 0. The molecule has 1 aromatic carbocycles. The van der Waals surface area contributed by atoms with E-state index in [1.807, 2.05) is 25.1 Å². The Morgan fingerprint density at radius 2 is 1.71 bits per heavy atom. The second-order valence-corrected chi connectivity index (χ2v) is 5.37. The number of ketones is 2. The van der Waals surface area contributed by atoms with Gasteiger partial charge in [0.2, 0.25) is 0 Å². The largest absolute Gasteiger partial charge is 0.350 e. The van der Waals surface area contributed by atoms with Crippen LogP contribution in [0.3, 0.4) is 0 Å². The van der Waals surface area contributed by atoms with Crippen LogP contribution < -0.4 is 5.32 Å². The third-order valence-corrected chi connectivity index (χ3v) is 3.26. The van der Waals surface area contributed by atoms with Crippen molar-refractivity contribution in [2.75, 3.05) is 0 Å². The van der Waals surface area contributed by atoms with Crippen molar-refractivity contribution in [1.29, 1.82) is 0 Å². The first-order chi connectivity index (χ1) is 9.99. The summed E-state index contributed by atoms with van der Waals surface area (Å²) in [6, 6.07) is 9.09. The summed E-state index contributed by atoms with van der Waals surface area (Å²) in [5, 5.41) is 2.92. The third-order valence-electron chi connectivity index (χ3n) is 3.26. The Labute approximate surface area is 125 Å². The third kappa shape index (κ3) is 7.40. The maximum absolute atomic E-state index is 11.9. The van der Waals surface area contributed by atoms with Crippen molar-refractivity contribution in [3.63, 3.8) is 0 Å². The summed E-state index contributed by atoms with van der Waals surface area (Å²) in [7, 11) is 0. The highest BCUT2D eigenvalue weighted by Crippen LogP contribution is 2.06. The SMILES string of the molecule is CC(=O)CCC(=O)CCC[C@@H](C)NC(=O)c1ccccc1. The average Bonchev–Trinajstić information content (AvgIpc) is 2.46. The first-order valence-electron chi connectivity index (χ1n) is 7.36. The van der Waals surface area contributed by atoms with Crippen molar-refractivity contribution >= 4 is 17.5 Å². The number of amides is 1. The zero-order valence-corrected chi connectivity index (χ0v) is 12.7. The van der Waals surface area contributed by atoms with E-state index in [1.165, 1.54) is 6.92 Å². The predicted molar refractivity (Wildman–Crippen MR) is 82.1 cm³/mol. The molecule has 0 radical (unpaired) electrons. The van der Waals surface area contributed by atoms with E-state index < -0.39 is 0 Å². The minimum atomic E-state index is -0.0917. The van der Waals surface area contributed by atoms with Gasteiger partial charge >= 0.3 is 0 Å². The zero-order chi connectivity index (χ0) is 15.7. The molecule has 0 fully saturated rings. The van der Waals surface area contributed by atoms with Crippen LogP contribution in [0, 0.1) is 0 Å². The Kier molecular flexibility index (Phi) is 7.37. The number of Topliss-reactive ketones (excluding diaryl/α,β-unsaturated/α-hetero) is 2. The van der Waals surface area contributed by atoms with E-state index >= 15 is 0 Å². The lowest BCUT2D eigenvalue weighted by Gasteiger charge is -2.13. The van der Waals surface area contributed by atoms with Gasteiger partial charge < -0.3 is 10.1 Å². The second-order valence-electron chi connectivity index (χ2n) is 5.37. The normalized spacial score (nSPS) is 11.7. The first kappa shape index (κ1) is 17.1. The highest BCUT2D eigenvalue weighted by molar-refractivity contribution is 5.94. The van der Waals surface area contributed by atoms with E-state index in [2.05, 4.69) is 5.32 Å². The fourth-order valence-electron chi connectivity index (χ4n) is 2.01. The average molecular weight is 289 g/mol. The fourth-order valence-corrected chi connectivity index (χ4v) is 2.01. The van der Waals surface area contributed by atoms with Crippen LogP contribution in [0.5, 0.6) is 0 Å². The van der Waals surface area contributed by atoms with Gasteiger partial charge in [-0.25, -0.2) is 0 Å². The Morgan fingerprint density at radius 1 is 1.05 bits per heavy atom. The lowest BCUT2D eigenvalue weighted by atomic mass is 10.0. The standard InChI is InChI=1S/C17H23NO3/c1-13(7-6-10-16(20)12-11-14(2)19)18-17(21)15-8-4-3-5-9-15/h3-5,8-9,13H,6-7,10-12H2,1-2H3,(H,18,21)/t13-/m1/s1. The molecule has 4 nitrogen and oxygen atoms in total. The van der Waals surface area contributed by atoms with E-state index in [-0.39, 0.29) is 23.5 Å². The summed E-state index contributed by atoms with van der Waals surface area (Å²) in [4.78, 5) is 34.2. The van der Waals surface area contributed by atoms with Crippen molar-refractivity contribution in [1.82, 2.24) is 5.32 Å². The maximum Gasteiger partial charge on any atom is 0.251 e. The lowest BCUT2D eigenvalue weighted by Crippen LogP contribution is -2.32. The Hall–Kier alpha value is -1.97. The predicted octanol–water partition coefficient (Wildman–Crippen LogP) is 2.91. The molecule has 0 aliphatic carbocycles. The molecule has 21 heavy (non-hydrogen) atoms. The first-order valence-corrected chi connectivity index (χ1v) is 7.36. The summed E-state index contributed by atoms with van der Waals surface area (Å²) in [6.45, 7) is 3.43. The van der Waals surface area contributed by atoms with E-state index in [4.69, 9.17) is 0 Å². The molecule has 0 saturated carbocycles. The minimum absolute atomic E-state index is 0.0262. The number of nitrogens with one attached hydrogen (secondary N) is 1. The molecule has 0 aromatic heterocycles. The van der Waals surface area contributed by atoms with Crippen LogP contribution in [0.4, 0.5) is 0 Å². The van der Waals surface area contributed by atoms with Crippen LogP contribution in [0.2, 0.25) is 0 Å². The Balaban J connectivity index is 2.22. The van der Waals surface area contributed by atoms with Crippen molar-refractivity contribution in [2.24, 2.45) is 0 Å². The Bertz CT molecular complexity index is 482. The van der Waals surface area contributed by atoms with Gasteiger partial charge in [-0.05, 0) is 38.8 Å². The number of carbonyl (C=O) groups excluding carboxylic acids is 3. The smallest absolute Gasteiger partial charge is 0.251 e. The molecule has 0 aliphatic rings. The van der Waals surface area contributed by atoms with E-state index in [9.17, 15) is 14.4 Å². The highest BCUT2D eigenvalue weighted by Gasteiger charge is 2.10. The van der Waals surface area contributed by atoms with E-state index in [0.717, 1.165) is 12.8 Å². The van der Waals surface area contributed by atoms with Gasteiger partial charge in [-0.2, -0.15) is 0 Å². The van der Waals surface area contributed by atoms with Crippen LogP contribution in [-0.4, -0.2) is 23.5 Å². The molecule has 0 saturated heterocycles. The number of hydrogen-bond donors (Lipinski definition) is 1. The van der Waals surface area contributed by atoms with Crippen molar-refractivity contribution in [2.45, 2.75) is 52.0 Å². The highest BCUT2D eigenvalue weighted by atomic mass is 16.2. The summed E-state index contributed by atoms with van der Waals surface area (Å²) < 4.78 is 0. The van der Waals surface area contributed by atoms with Crippen LogP contribution >= 0.6 is 0 Å². The van der Waals surface area contributed by atoms with Crippen LogP contribution in [0.1, 0.15) is 56.3 Å². The molecule has 0 heterocycles. The van der Waals surface area contributed by atoms with E-state index in [1.54, 1.807) is 12.1 Å². The second kappa shape index (κ2) is 9.06. The molecule has 0 unspecified atom stereocenters. The molecule has 1 N–H and O–H groups in total. The molecular weight excluding hydrogens is 266 g/mol. The molecule has 4 heteroatoms. The molecule has 1 atom stereocenters. The van der Waals surface area contributed by atoms with Crippen molar-refractivity contribution < 1.29 is 14.4 Å². The molecule has 1 amide bonds. The molecule has 114 valence electrons. The van der Waals surface area contributed by atoms with Gasteiger partial charge in [0.15, 0.2) is 0 Å². The number of carbonyl (C=O) groups is 3. The van der Waals surface area contributed by atoms with Gasteiger partial charge in [0.05, 0.1) is 0 Å². The van der Waals surface area contributed by atoms with Crippen molar-refractivity contribution in [3.05, 3.63) is 35.9 Å². The van der Waals surface area contributed by atoms with Crippen molar-refractivity contribution in [3.8, 4) is 0 Å². The van der Waals surface area contributed by atoms with Gasteiger partial charge in [0, 0.05) is 30.9 Å².